The zero-order chi connectivity index (χ0) is 17.0. The third-order valence-corrected chi connectivity index (χ3v) is 0. The molecular formula is C20H60. The molecule has 0 saturated heterocycles. The number of hydrogen-bond donors (Lipinski definition) is 0. The summed E-state index contributed by atoms with van der Waals surface area (Å²) < 4.78 is 0. The Morgan fingerprint density at radius 1 is 0.350 bits per heavy atom. The van der Waals surface area contributed by atoms with Crippen molar-refractivity contribution >= 4 is 0 Å². The highest BCUT2D eigenvalue weighted by Gasteiger charge is 1.96. The third kappa shape index (κ3) is 0. The molecule has 0 saturated carbocycles. The quantitative estimate of drug-likeness (QED) is 0.417. The Bertz CT molecular complexity index is 52.7. The average molecular weight is 303 g/mol. The fourth-order valence-corrected chi connectivity index (χ4v) is 0. The summed E-state index contributed by atoms with van der Waals surface area (Å²) in [7, 11) is 0. The van der Waals surface area contributed by atoms with Crippen LogP contribution in [0.2, 0.25) is 0 Å². The molecule has 0 heteroatoms. The van der Waals surface area contributed by atoms with Gasteiger partial charge < -0.3 is 0 Å². The van der Waals surface area contributed by atoms with Gasteiger partial charge in [-0.2, -0.15) is 0 Å². The zero-order valence-electron chi connectivity index (χ0n) is 17.0. The molecule has 0 rings (SSSR count). The molecule has 20 heavy (non-hydrogen) atoms. The van der Waals surface area contributed by atoms with E-state index in [4.69, 9.17) is 0 Å². The topological polar surface area (TPSA) is 0 Å². The van der Waals surface area contributed by atoms with E-state index in [1.54, 1.807) is 0 Å². The average Bonchev–Trinajstić information content (AvgIpc) is 2.24. The van der Waals surface area contributed by atoms with Crippen LogP contribution in [0.3, 0.4) is 0 Å². The molecule has 0 radical (unpaired) electrons. The minimum atomic E-state index is 0. The Hall–Kier alpha value is 0. The van der Waals surface area contributed by atoms with E-state index in [1.165, 1.54) is 0 Å². The SMILES string of the molecule is C.C.CC.CC.CC.CC.CC(C)(C)C.CC(C)(C)C.[2HH].[2HH]. The van der Waals surface area contributed by atoms with E-state index in [9.17, 15) is 0 Å². The predicted octanol–water partition coefficient (Wildman–Crippen LogP) is 9.97. The van der Waals surface area contributed by atoms with Crippen molar-refractivity contribution in [2.45, 2.75) is 126 Å². The van der Waals surface area contributed by atoms with Gasteiger partial charge in [0.25, 0.3) is 0 Å². The lowest BCUT2D eigenvalue weighted by Crippen LogP contribution is -1.93. The molecule has 0 aromatic rings. The Kier molecular flexibility index (Phi) is 107. The van der Waals surface area contributed by atoms with E-state index < -0.39 is 0 Å². The molecule has 0 spiro atoms. The van der Waals surface area contributed by atoms with Gasteiger partial charge >= 0.3 is 0 Å². The highest BCUT2D eigenvalue weighted by Crippen LogP contribution is 2.08. The van der Waals surface area contributed by atoms with Gasteiger partial charge in [-0.3, -0.25) is 0 Å². The van der Waals surface area contributed by atoms with E-state index in [2.05, 4.69) is 55.4 Å². The van der Waals surface area contributed by atoms with Crippen LogP contribution in [-0.2, 0) is 0 Å². The minimum absolute atomic E-state index is 0. The van der Waals surface area contributed by atoms with Crippen LogP contribution in [0.1, 0.15) is 128 Å². The molecule has 0 aromatic heterocycles. The van der Waals surface area contributed by atoms with Crippen LogP contribution in [0, 0.1) is 10.8 Å². The Labute approximate surface area is 140 Å². The van der Waals surface area contributed by atoms with E-state index in [1.807, 2.05) is 55.4 Å². The molecule has 140 valence electrons. The first-order valence-corrected chi connectivity index (χ1v) is 8.00. The predicted molar refractivity (Wildman–Crippen MR) is 113 cm³/mol. The maximum absolute atomic E-state index is 2.19. The normalized spacial score (nSPS) is 7.20. The lowest BCUT2D eigenvalue weighted by atomic mass is 10.0. The van der Waals surface area contributed by atoms with Gasteiger partial charge in [-0.25, -0.2) is 0 Å². The first kappa shape index (κ1) is 50.1. The Morgan fingerprint density at radius 3 is 0.350 bits per heavy atom. The van der Waals surface area contributed by atoms with Crippen molar-refractivity contribution in [2.75, 3.05) is 0 Å². The van der Waals surface area contributed by atoms with E-state index in [0.717, 1.165) is 0 Å². The zero-order valence-corrected chi connectivity index (χ0v) is 17.0. The summed E-state index contributed by atoms with van der Waals surface area (Å²) in [6.45, 7) is 33.5. The maximum Gasteiger partial charge on any atom is 0 e. The van der Waals surface area contributed by atoms with Gasteiger partial charge in [0.2, 0.25) is 0 Å². The second kappa shape index (κ2) is 42.8. The number of hydrogen-bond acceptors (Lipinski definition) is 0. The molecule has 0 nitrogen and oxygen atoms in total. The third-order valence-electron chi connectivity index (χ3n) is 0. The largest absolute Gasteiger partial charge is 0.0776 e. The van der Waals surface area contributed by atoms with Gasteiger partial charge in [0, 0.05) is 2.85 Å². The van der Waals surface area contributed by atoms with Gasteiger partial charge in [0.05, 0.1) is 0 Å². The molecule has 0 aliphatic heterocycles. The minimum Gasteiger partial charge on any atom is -0.0776 e. The van der Waals surface area contributed by atoms with Crippen molar-refractivity contribution in [3.8, 4) is 0 Å². The van der Waals surface area contributed by atoms with Gasteiger partial charge in [0.1, 0.15) is 0 Å². The van der Waals surface area contributed by atoms with Crippen molar-refractivity contribution < 1.29 is 2.85 Å². The molecule has 0 amide bonds. The van der Waals surface area contributed by atoms with Crippen molar-refractivity contribution in [3.05, 3.63) is 0 Å². The van der Waals surface area contributed by atoms with Crippen LogP contribution in [0.25, 0.3) is 0 Å². The molecule has 0 bridgehead atoms. The van der Waals surface area contributed by atoms with Gasteiger partial charge in [0.15, 0.2) is 0 Å². The fraction of sp³-hybridized carbons (Fsp3) is 1.00. The van der Waals surface area contributed by atoms with Crippen LogP contribution in [-0.4, -0.2) is 0 Å². The molecule has 0 aliphatic rings. The maximum atomic E-state index is 2.19. The smallest absolute Gasteiger partial charge is 0 e. The van der Waals surface area contributed by atoms with Crippen molar-refractivity contribution in [3.63, 3.8) is 0 Å². The summed E-state index contributed by atoms with van der Waals surface area (Å²) in [5.41, 5.74) is 1.00. The summed E-state index contributed by atoms with van der Waals surface area (Å²) in [6, 6.07) is 0. The van der Waals surface area contributed by atoms with Crippen LogP contribution < -0.4 is 0 Å². The first-order valence-electron chi connectivity index (χ1n) is 8.00. The molecule has 0 aromatic carbocycles. The van der Waals surface area contributed by atoms with E-state index >= 15 is 0 Å². The van der Waals surface area contributed by atoms with Crippen LogP contribution in [0.5, 0.6) is 0 Å². The standard InChI is InChI=1S/2C5H12.4C2H6.2CH4.2H2/c2*1-5(2,3)4;4*1-2;;;;/h2*1-4H3;4*1-2H3;2*1H4;2*1H/i;;;;;;;;2*1+1. The molecule has 0 heterocycles. The molecule has 0 atom stereocenters. The summed E-state index contributed by atoms with van der Waals surface area (Å²) in [5, 5.41) is 0. The van der Waals surface area contributed by atoms with E-state index in [0.29, 0.717) is 10.8 Å². The molecular weight excluding hydrogens is 240 g/mol. The summed E-state index contributed by atoms with van der Waals surface area (Å²) in [4.78, 5) is 0. The molecule has 0 fully saturated rings. The molecule has 0 aliphatic carbocycles. The highest BCUT2D eigenvalue weighted by molar-refractivity contribution is 4.47. The first-order chi connectivity index (χ1) is 8.00. The van der Waals surface area contributed by atoms with E-state index in [-0.39, 0.29) is 17.7 Å². The van der Waals surface area contributed by atoms with Crippen molar-refractivity contribution in [2.24, 2.45) is 10.8 Å². The highest BCUT2D eigenvalue weighted by atomic mass is 14.0. The Balaban J connectivity index is -0.0000000101. The lowest BCUT2D eigenvalue weighted by molar-refractivity contribution is 0.469. The molecule has 0 unspecified atom stereocenters. The van der Waals surface area contributed by atoms with Crippen molar-refractivity contribution in [1.29, 1.82) is 0 Å². The van der Waals surface area contributed by atoms with Crippen molar-refractivity contribution in [1.82, 2.24) is 0 Å². The summed E-state index contributed by atoms with van der Waals surface area (Å²) in [6.07, 6.45) is 0. The number of rotatable bonds is 0. The van der Waals surface area contributed by atoms with Crippen LogP contribution >= 0.6 is 0 Å². The van der Waals surface area contributed by atoms with Gasteiger partial charge in [-0.1, -0.05) is 126 Å². The summed E-state index contributed by atoms with van der Waals surface area (Å²) in [5.74, 6) is 0. The Morgan fingerprint density at radius 2 is 0.350 bits per heavy atom. The second-order valence-corrected chi connectivity index (χ2v) is 6.00. The van der Waals surface area contributed by atoms with Gasteiger partial charge in [-0.05, 0) is 10.8 Å². The lowest BCUT2D eigenvalue weighted by Gasteiger charge is -2.05. The second-order valence-electron chi connectivity index (χ2n) is 6.00. The monoisotopic (exact) mass is 302 g/mol. The summed E-state index contributed by atoms with van der Waals surface area (Å²) >= 11 is 0. The van der Waals surface area contributed by atoms with Gasteiger partial charge in [-0.15, -0.1) is 0 Å². The van der Waals surface area contributed by atoms with Crippen LogP contribution in [0.4, 0.5) is 0 Å². The fourth-order valence-electron chi connectivity index (χ4n) is 0. The molecule has 0 N–H and O–H groups in total. The van der Waals surface area contributed by atoms with Crippen LogP contribution in [0.15, 0.2) is 0 Å².